The highest BCUT2D eigenvalue weighted by molar-refractivity contribution is 7.93. The van der Waals surface area contributed by atoms with Gasteiger partial charge in [0.05, 0.1) is 11.5 Å². The SMILES string of the molecule is CC(N)C1CCN(S(=O)(=O)CCS(C)(=O)=O)C1. The molecular weight excluding hydrogens is 264 g/mol. The van der Waals surface area contributed by atoms with Crippen molar-refractivity contribution in [1.82, 2.24) is 4.31 Å². The average Bonchev–Trinajstić information content (AvgIpc) is 2.63. The topological polar surface area (TPSA) is 97.5 Å². The summed E-state index contributed by atoms with van der Waals surface area (Å²) < 4.78 is 47.0. The maximum absolute atomic E-state index is 11.9. The van der Waals surface area contributed by atoms with Crippen LogP contribution in [0.15, 0.2) is 0 Å². The van der Waals surface area contributed by atoms with Crippen LogP contribution < -0.4 is 5.73 Å². The standard InChI is InChI=1S/C9H20N2O4S2/c1-8(10)9-3-4-11(7-9)17(14,15)6-5-16(2,12)13/h8-9H,3-7,10H2,1-2H3. The minimum atomic E-state index is -3.46. The number of nitrogens with two attached hydrogens (primary N) is 1. The lowest BCUT2D eigenvalue weighted by Crippen LogP contribution is -2.35. The van der Waals surface area contributed by atoms with Crippen molar-refractivity contribution in [3.63, 3.8) is 0 Å². The van der Waals surface area contributed by atoms with Gasteiger partial charge in [-0.05, 0) is 19.3 Å². The molecule has 17 heavy (non-hydrogen) atoms. The van der Waals surface area contributed by atoms with Gasteiger partial charge < -0.3 is 5.73 Å². The Kier molecular flexibility index (Phi) is 4.56. The van der Waals surface area contributed by atoms with E-state index in [1.165, 1.54) is 4.31 Å². The lowest BCUT2D eigenvalue weighted by Gasteiger charge is -2.17. The maximum Gasteiger partial charge on any atom is 0.215 e. The fourth-order valence-electron chi connectivity index (χ4n) is 1.82. The third kappa shape index (κ3) is 4.53. The Labute approximate surface area is 103 Å². The summed E-state index contributed by atoms with van der Waals surface area (Å²) in [5.74, 6) is -0.491. The van der Waals surface area contributed by atoms with Gasteiger partial charge in [-0.3, -0.25) is 0 Å². The van der Waals surface area contributed by atoms with E-state index in [1.807, 2.05) is 6.92 Å². The van der Waals surface area contributed by atoms with E-state index < -0.39 is 19.9 Å². The van der Waals surface area contributed by atoms with Crippen LogP contribution in [-0.4, -0.2) is 58.0 Å². The number of hydrogen-bond donors (Lipinski definition) is 1. The van der Waals surface area contributed by atoms with Crippen LogP contribution in [0.4, 0.5) is 0 Å². The predicted octanol–water partition coefficient (Wildman–Crippen LogP) is -0.970. The van der Waals surface area contributed by atoms with Crippen LogP contribution in [0, 0.1) is 5.92 Å². The number of sulfone groups is 1. The van der Waals surface area contributed by atoms with E-state index in [9.17, 15) is 16.8 Å². The summed E-state index contributed by atoms with van der Waals surface area (Å²) >= 11 is 0. The molecule has 2 unspecified atom stereocenters. The third-order valence-electron chi connectivity index (χ3n) is 3.04. The Morgan fingerprint density at radius 1 is 1.29 bits per heavy atom. The van der Waals surface area contributed by atoms with Gasteiger partial charge in [-0.1, -0.05) is 0 Å². The third-order valence-corrected chi connectivity index (χ3v) is 6.08. The van der Waals surface area contributed by atoms with Crippen molar-refractivity contribution in [2.75, 3.05) is 30.9 Å². The molecule has 6 nitrogen and oxygen atoms in total. The fraction of sp³-hybridized carbons (Fsp3) is 1.00. The summed E-state index contributed by atoms with van der Waals surface area (Å²) in [7, 11) is -6.71. The second-order valence-electron chi connectivity index (χ2n) is 4.71. The van der Waals surface area contributed by atoms with Crippen molar-refractivity contribution < 1.29 is 16.8 Å². The minimum Gasteiger partial charge on any atom is -0.328 e. The van der Waals surface area contributed by atoms with Crippen molar-refractivity contribution in [2.24, 2.45) is 11.7 Å². The molecule has 1 fully saturated rings. The molecule has 1 aliphatic rings. The average molecular weight is 284 g/mol. The van der Waals surface area contributed by atoms with Crippen molar-refractivity contribution in [3.05, 3.63) is 0 Å². The summed E-state index contributed by atoms with van der Waals surface area (Å²) in [5, 5.41) is 0. The zero-order valence-corrected chi connectivity index (χ0v) is 11.8. The first-order chi connectivity index (χ1) is 7.62. The highest BCUT2D eigenvalue weighted by atomic mass is 32.2. The smallest absolute Gasteiger partial charge is 0.215 e. The van der Waals surface area contributed by atoms with Crippen LogP contribution in [0.5, 0.6) is 0 Å². The predicted molar refractivity (Wildman–Crippen MR) is 66.8 cm³/mol. The van der Waals surface area contributed by atoms with Gasteiger partial charge in [0.15, 0.2) is 0 Å². The summed E-state index contributed by atoms with van der Waals surface area (Å²) in [4.78, 5) is 0. The van der Waals surface area contributed by atoms with Gasteiger partial charge in [0.2, 0.25) is 10.0 Å². The molecule has 0 amide bonds. The van der Waals surface area contributed by atoms with Crippen molar-refractivity contribution in [1.29, 1.82) is 0 Å². The monoisotopic (exact) mass is 284 g/mol. The normalized spacial score (nSPS) is 25.0. The summed E-state index contributed by atoms with van der Waals surface area (Å²) in [6.45, 7) is 2.71. The van der Waals surface area contributed by atoms with Gasteiger partial charge in [0.25, 0.3) is 0 Å². The molecule has 1 rings (SSSR count). The lowest BCUT2D eigenvalue weighted by atomic mass is 10.0. The van der Waals surface area contributed by atoms with Crippen LogP contribution in [0.3, 0.4) is 0 Å². The molecule has 1 heterocycles. The van der Waals surface area contributed by atoms with E-state index in [0.717, 1.165) is 12.7 Å². The highest BCUT2D eigenvalue weighted by Gasteiger charge is 2.33. The van der Waals surface area contributed by atoms with Gasteiger partial charge in [0.1, 0.15) is 9.84 Å². The van der Waals surface area contributed by atoms with Gasteiger partial charge in [-0.25, -0.2) is 21.1 Å². The van der Waals surface area contributed by atoms with E-state index in [1.54, 1.807) is 0 Å². The number of hydrogen-bond acceptors (Lipinski definition) is 5. The van der Waals surface area contributed by atoms with Crippen LogP contribution in [0.25, 0.3) is 0 Å². The summed E-state index contributed by atoms with van der Waals surface area (Å²) in [6.07, 6.45) is 1.78. The first kappa shape index (κ1) is 14.9. The van der Waals surface area contributed by atoms with Crippen molar-refractivity contribution >= 4 is 19.9 Å². The molecule has 0 saturated carbocycles. The molecule has 0 radical (unpaired) electrons. The second-order valence-corrected chi connectivity index (χ2v) is 9.06. The Morgan fingerprint density at radius 2 is 1.88 bits per heavy atom. The molecule has 0 bridgehead atoms. The van der Waals surface area contributed by atoms with E-state index in [4.69, 9.17) is 5.73 Å². The molecule has 102 valence electrons. The number of rotatable bonds is 5. The largest absolute Gasteiger partial charge is 0.328 e. The highest BCUT2D eigenvalue weighted by Crippen LogP contribution is 2.21. The Balaban J connectivity index is 2.61. The summed E-state index contributed by atoms with van der Waals surface area (Å²) in [5.41, 5.74) is 5.73. The molecule has 2 atom stereocenters. The lowest BCUT2D eigenvalue weighted by molar-refractivity contribution is 0.429. The first-order valence-corrected chi connectivity index (χ1v) is 9.20. The second kappa shape index (κ2) is 5.21. The Bertz CT molecular complexity index is 455. The Morgan fingerprint density at radius 3 is 2.29 bits per heavy atom. The quantitative estimate of drug-likeness (QED) is 0.700. The molecule has 8 heteroatoms. The number of nitrogens with zero attached hydrogens (tertiary/aromatic N) is 1. The molecule has 1 saturated heterocycles. The van der Waals surface area contributed by atoms with E-state index in [-0.39, 0.29) is 23.5 Å². The Hall–Kier alpha value is -0.180. The van der Waals surface area contributed by atoms with Gasteiger partial charge in [-0.2, -0.15) is 0 Å². The molecule has 2 N–H and O–H groups in total. The van der Waals surface area contributed by atoms with Crippen LogP contribution in [0.1, 0.15) is 13.3 Å². The summed E-state index contributed by atoms with van der Waals surface area (Å²) in [6, 6.07) is -0.0369. The number of sulfonamides is 1. The molecule has 0 aromatic carbocycles. The molecule has 0 aromatic heterocycles. The van der Waals surface area contributed by atoms with Crippen molar-refractivity contribution in [2.45, 2.75) is 19.4 Å². The first-order valence-electron chi connectivity index (χ1n) is 5.53. The van der Waals surface area contributed by atoms with Crippen molar-refractivity contribution in [3.8, 4) is 0 Å². The molecule has 0 spiro atoms. The van der Waals surface area contributed by atoms with Crippen LogP contribution in [-0.2, 0) is 19.9 Å². The van der Waals surface area contributed by atoms with Gasteiger partial charge in [0, 0.05) is 25.4 Å². The fourth-order valence-corrected chi connectivity index (χ4v) is 4.94. The molecule has 0 aromatic rings. The molecule has 1 aliphatic heterocycles. The van der Waals surface area contributed by atoms with Gasteiger partial charge >= 0.3 is 0 Å². The maximum atomic E-state index is 11.9. The van der Waals surface area contributed by atoms with Crippen LogP contribution in [0.2, 0.25) is 0 Å². The van der Waals surface area contributed by atoms with Crippen LogP contribution >= 0.6 is 0 Å². The van der Waals surface area contributed by atoms with E-state index >= 15 is 0 Å². The van der Waals surface area contributed by atoms with E-state index in [2.05, 4.69) is 0 Å². The van der Waals surface area contributed by atoms with E-state index in [0.29, 0.717) is 13.1 Å². The minimum absolute atomic E-state index is 0.0369. The zero-order chi connectivity index (χ0) is 13.3. The molecule has 0 aliphatic carbocycles. The van der Waals surface area contributed by atoms with Gasteiger partial charge in [-0.15, -0.1) is 0 Å². The molecular formula is C9H20N2O4S2. The zero-order valence-electron chi connectivity index (χ0n) is 10.2.